The molecule has 2 saturated heterocycles. The molecule has 162 valence electrons. The summed E-state index contributed by atoms with van der Waals surface area (Å²) in [6, 6.07) is 4.82. The average molecular weight is 401 g/mol. The third-order valence-corrected chi connectivity index (χ3v) is 6.36. The van der Waals surface area contributed by atoms with Gasteiger partial charge in [0.05, 0.1) is 5.92 Å². The smallest absolute Gasteiger partial charge is 0.226 e. The van der Waals surface area contributed by atoms with Crippen molar-refractivity contribution >= 4 is 5.91 Å². The Morgan fingerprint density at radius 1 is 1.21 bits per heavy atom. The number of hydrogen-bond acceptors (Lipinski definition) is 4. The molecule has 0 bridgehead atoms. The first-order valence-electron chi connectivity index (χ1n) is 11.5. The van der Waals surface area contributed by atoms with Crippen LogP contribution in [0.1, 0.15) is 58.9 Å². The molecule has 3 heterocycles. The van der Waals surface area contributed by atoms with Crippen LogP contribution in [0.25, 0.3) is 0 Å². The number of hydrogen-bond donors (Lipinski definition) is 0. The Morgan fingerprint density at radius 2 is 1.97 bits per heavy atom. The molecular weight excluding hydrogens is 360 g/mol. The average Bonchev–Trinajstić information content (AvgIpc) is 2.72. The number of nitrogens with zero attached hydrogens (tertiary/aromatic N) is 4. The first-order valence-corrected chi connectivity index (χ1v) is 11.5. The minimum absolute atomic E-state index is 0.154. The van der Waals surface area contributed by atoms with Gasteiger partial charge in [-0.2, -0.15) is 0 Å². The Balaban J connectivity index is 1.50. The molecule has 0 unspecified atom stereocenters. The number of likely N-dealkylation sites (tertiary alicyclic amines) is 2. The van der Waals surface area contributed by atoms with E-state index in [-0.39, 0.29) is 11.3 Å². The highest BCUT2D eigenvalue weighted by Gasteiger charge is 2.34. The lowest BCUT2D eigenvalue weighted by Crippen LogP contribution is -2.51. The van der Waals surface area contributed by atoms with Crippen molar-refractivity contribution in [3.8, 4) is 0 Å². The zero-order chi connectivity index (χ0) is 20.9. The lowest BCUT2D eigenvalue weighted by molar-refractivity contribution is -0.139. The van der Waals surface area contributed by atoms with Crippen molar-refractivity contribution in [2.45, 2.75) is 66.0 Å². The van der Waals surface area contributed by atoms with Gasteiger partial charge in [-0.25, -0.2) is 0 Å². The molecular formula is C24H40N4O. The van der Waals surface area contributed by atoms with Crippen molar-refractivity contribution in [3.05, 3.63) is 30.1 Å². The number of aromatic nitrogens is 1. The number of carbonyl (C=O) groups is 1. The van der Waals surface area contributed by atoms with Crippen molar-refractivity contribution in [1.29, 1.82) is 0 Å². The van der Waals surface area contributed by atoms with Crippen molar-refractivity contribution < 1.29 is 4.79 Å². The van der Waals surface area contributed by atoms with E-state index in [1.807, 2.05) is 18.5 Å². The second-order valence-corrected chi connectivity index (χ2v) is 10.1. The molecule has 0 aliphatic carbocycles. The summed E-state index contributed by atoms with van der Waals surface area (Å²) in [6.07, 6.45) is 8.44. The minimum Gasteiger partial charge on any atom is -0.342 e. The van der Waals surface area contributed by atoms with Crippen molar-refractivity contribution in [3.63, 3.8) is 0 Å². The van der Waals surface area contributed by atoms with Gasteiger partial charge in [-0.05, 0) is 69.3 Å². The van der Waals surface area contributed by atoms with Gasteiger partial charge in [0.15, 0.2) is 0 Å². The van der Waals surface area contributed by atoms with E-state index in [1.54, 1.807) is 0 Å². The van der Waals surface area contributed by atoms with E-state index in [9.17, 15) is 4.79 Å². The highest BCUT2D eigenvalue weighted by atomic mass is 16.2. The summed E-state index contributed by atoms with van der Waals surface area (Å²) in [4.78, 5) is 24.7. The molecule has 5 heteroatoms. The number of piperidine rings is 2. The summed E-state index contributed by atoms with van der Waals surface area (Å²) < 4.78 is 0. The SMILES string of the molecule is CCN(CC(C)(C)C)C(=O)[C@H]1CCCN(C2CCN(Cc3cccnc3)CC2)C1. The van der Waals surface area contributed by atoms with Crippen molar-refractivity contribution in [1.82, 2.24) is 19.7 Å². The molecule has 1 aromatic rings. The molecule has 29 heavy (non-hydrogen) atoms. The second kappa shape index (κ2) is 10.0. The van der Waals surface area contributed by atoms with Crippen LogP contribution in [0, 0.1) is 11.3 Å². The van der Waals surface area contributed by atoms with Crippen molar-refractivity contribution in [2.24, 2.45) is 11.3 Å². The van der Waals surface area contributed by atoms with Crippen LogP contribution in [0.5, 0.6) is 0 Å². The van der Waals surface area contributed by atoms with Gasteiger partial charge in [0, 0.05) is 44.6 Å². The third-order valence-electron chi connectivity index (χ3n) is 6.36. The molecule has 0 N–H and O–H groups in total. The van der Waals surface area contributed by atoms with Gasteiger partial charge in [0.2, 0.25) is 5.91 Å². The lowest BCUT2D eigenvalue weighted by Gasteiger charge is -2.43. The van der Waals surface area contributed by atoms with Gasteiger partial charge >= 0.3 is 0 Å². The third kappa shape index (κ3) is 6.51. The summed E-state index contributed by atoms with van der Waals surface area (Å²) in [7, 11) is 0. The maximum Gasteiger partial charge on any atom is 0.226 e. The van der Waals surface area contributed by atoms with Gasteiger partial charge in [-0.15, -0.1) is 0 Å². The van der Waals surface area contributed by atoms with Gasteiger partial charge < -0.3 is 4.90 Å². The molecule has 0 aromatic carbocycles. The number of pyridine rings is 1. The molecule has 5 nitrogen and oxygen atoms in total. The molecule has 0 saturated carbocycles. The fourth-order valence-electron chi connectivity index (χ4n) is 4.91. The number of amides is 1. The Bertz CT molecular complexity index is 634. The molecule has 1 amide bonds. The molecule has 0 spiro atoms. The summed E-state index contributed by atoms with van der Waals surface area (Å²) in [5.74, 6) is 0.556. The Morgan fingerprint density at radius 3 is 2.59 bits per heavy atom. The van der Waals surface area contributed by atoms with Gasteiger partial charge in [0.1, 0.15) is 0 Å². The molecule has 2 aliphatic rings. The van der Waals surface area contributed by atoms with Crippen LogP contribution in [0.2, 0.25) is 0 Å². The quantitative estimate of drug-likeness (QED) is 0.731. The maximum atomic E-state index is 13.2. The van der Waals surface area contributed by atoms with Gasteiger partial charge in [0.25, 0.3) is 0 Å². The molecule has 3 rings (SSSR count). The van der Waals surface area contributed by atoms with E-state index >= 15 is 0 Å². The fraction of sp³-hybridized carbons (Fsp3) is 0.750. The zero-order valence-electron chi connectivity index (χ0n) is 18.9. The summed E-state index contributed by atoms with van der Waals surface area (Å²) in [6.45, 7) is 15.8. The van der Waals surface area contributed by atoms with Crippen LogP contribution in [0.4, 0.5) is 0 Å². The predicted molar refractivity (Wildman–Crippen MR) is 119 cm³/mol. The van der Waals surface area contributed by atoms with Crippen LogP contribution in [0.3, 0.4) is 0 Å². The zero-order valence-corrected chi connectivity index (χ0v) is 18.9. The monoisotopic (exact) mass is 400 g/mol. The van der Waals surface area contributed by atoms with E-state index in [1.165, 1.54) is 18.4 Å². The van der Waals surface area contributed by atoms with Crippen LogP contribution in [-0.4, -0.2) is 70.9 Å². The summed E-state index contributed by atoms with van der Waals surface area (Å²) in [5, 5.41) is 0. The normalized spacial score (nSPS) is 22.6. The molecule has 0 radical (unpaired) electrons. The molecule has 1 aromatic heterocycles. The maximum absolute atomic E-state index is 13.2. The lowest BCUT2D eigenvalue weighted by atomic mass is 9.91. The first-order chi connectivity index (χ1) is 13.9. The van der Waals surface area contributed by atoms with Crippen LogP contribution in [-0.2, 0) is 11.3 Å². The molecule has 2 aliphatic heterocycles. The summed E-state index contributed by atoms with van der Waals surface area (Å²) >= 11 is 0. The van der Waals surface area contributed by atoms with Crippen LogP contribution < -0.4 is 0 Å². The van der Waals surface area contributed by atoms with Crippen LogP contribution >= 0.6 is 0 Å². The second-order valence-electron chi connectivity index (χ2n) is 10.1. The Labute approximate surface area is 177 Å². The van der Waals surface area contributed by atoms with Crippen LogP contribution in [0.15, 0.2) is 24.5 Å². The van der Waals surface area contributed by atoms with E-state index in [2.05, 4.69) is 53.4 Å². The number of carbonyl (C=O) groups excluding carboxylic acids is 1. The Kier molecular flexibility index (Phi) is 7.69. The molecule has 2 fully saturated rings. The standard InChI is InChI=1S/C24H40N4O/c1-5-27(19-24(2,3)4)23(29)21-9-7-13-28(18-21)22-10-14-26(15-11-22)17-20-8-6-12-25-16-20/h6,8,12,16,21-22H,5,7,9-11,13-15,17-19H2,1-4H3/t21-/m0/s1. The summed E-state index contributed by atoms with van der Waals surface area (Å²) in [5.41, 5.74) is 1.45. The van der Waals surface area contributed by atoms with Crippen molar-refractivity contribution in [2.75, 3.05) is 39.3 Å². The highest BCUT2D eigenvalue weighted by Crippen LogP contribution is 2.26. The topological polar surface area (TPSA) is 39.7 Å². The Hall–Kier alpha value is -1.46. The minimum atomic E-state index is 0.154. The number of rotatable bonds is 6. The van der Waals surface area contributed by atoms with E-state index in [0.29, 0.717) is 11.9 Å². The van der Waals surface area contributed by atoms with Gasteiger partial charge in [-0.3, -0.25) is 19.6 Å². The predicted octanol–water partition coefficient (Wildman–Crippen LogP) is 3.65. The first kappa shape index (κ1) is 22.2. The molecule has 1 atom stereocenters. The van der Waals surface area contributed by atoms with E-state index in [4.69, 9.17) is 0 Å². The largest absolute Gasteiger partial charge is 0.342 e. The fourth-order valence-corrected chi connectivity index (χ4v) is 4.91. The highest BCUT2D eigenvalue weighted by molar-refractivity contribution is 5.79. The van der Waals surface area contributed by atoms with E-state index in [0.717, 1.165) is 58.7 Å². The van der Waals surface area contributed by atoms with Gasteiger partial charge in [-0.1, -0.05) is 26.8 Å². The van der Waals surface area contributed by atoms with E-state index < -0.39 is 0 Å².